The van der Waals surface area contributed by atoms with Gasteiger partial charge in [0.2, 0.25) is 5.91 Å². The molecule has 0 aromatic heterocycles. The number of carbonyl (C=O) groups is 2. The second-order valence-corrected chi connectivity index (χ2v) is 2.63. The van der Waals surface area contributed by atoms with E-state index < -0.39 is 5.97 Å². The number of nitrogens with zero attached hydrogens (tertiary/aromatic N) is 1. The zero-order valence-corrected chi connectivity index (χ0v) is 7.29. The summed E-state index contributed by atoms with van der Waals surface area (Å²) in [6, 6.07) is 0. The Morgan fingerprint density at radius 1 is 1.42 bits per heavy atom. The number of hydrogen-bond donors (Lipinski definition) is 2. The van der Waals surface area contributed by atoms with Crippen molar-refractivity contribution < 1.29 is 14.7 Å². The summed E-state index contributed by atoms with van der Waals surface area (Å²) in [5.74, 6) is -1.63. The molecule has 0 saturated heterocycles. The lowest BCUT2D eigenvalue weighted by Crippen LogP contribution is -2.25. The molecule has 0 aliphatic carbocycles. The predicted molar refractivity (Wildman–Crippen MR) is 43.7 cm³/mol. The fourth-order valence-corrected chi connectivity index (χ4v) is 0.316. The summed E-state index contributed by atoms with van der Waals surface area (Å²) in [5.41, 5.74) is 2.00. The highest BCUT2D eigenvalue weighted by atomic mass is 16.4. The van der Waals surface area contributed by atoms with Gasteiger partial charge in [0.05, 0.1) is 0 Å². The van der Waals surface area contributed by atoms with Gasteiger partial charge in [0.15, 0.2) is 0 Å². The minimum absolute atomic E-state index is 0.135. The molecule has 0 spiro atoms. The van der Waals surface area contributed by atoms with Crippen molar-refractivity contribution in [2.45, 2.75) is 20.8 Å². The third-order valence-corrected chi connectivity index (χ3v) is 1.17. The molecule has 5 nitrogen and oxygen atoms in total. The Hall–Kier alpha value is -1.39. The average molecular weight is 172 g/mol. The number of rotatable bonds is 3. The molecule has 68 valence electrons. The second-order valence-electron chi connectivity index (χ2n) is 2.63. The maximum Gasteiger partial charge on any atom is 0.351 e. The number of hydrazone groups is 1. The van der Waals surface area contributed by atoms with Crippen LogP contribution in [0.3, 0.4) is 0 Å². The first-order valence-corrected chi connectivity index (χ1v) is 3.52. The van der Waals surface area contributed by atoms with Crippen molar-refractivity contribution >= 4 is 17.6 Å². The van der Waals surface area contributed by atoms with E-state index in [9.17, 15) is 9.59 Å². The molecule has 0 aromatic rings. The second kappa shape index (κ2) is 4.48. The molecule has 0 unspecified atom stereocenters. The first-order valence-electron chi connectivity index (χ1n) is 3.52. The van der Waals surface area contributed by atoms with Crippen LogP contribution in [0.15, 0.2) is 5.10 Å². The number of nitrogens with one attached hydrogen (secondary N) is 1. The van der Waals surface area contributed by atoms with Crippen molar-refractivity contribution in [2.24, 2.45) is 11.0 Å². The lowest BCUT2D eigenvalue weighted by molar-refractivity contribution is -0.129. The van der Waals surface area contributed by atoms with Crippen LogP contribution in [0.25, 0.3) is 0 Å². The normalized spacial score (nSPS) is 11.5. The van der Waals surface area contributed by atoms with Crippen LogP contribution in [0.4, 0.5) is 0 Å². The molecule has 1 amide bonds. The summed E-state index contributed by atoms with van der Waals surface area (Å²) in [5, 5.41) is 11.7. The Labute approximate surface area is 70.5 Å². The zero-order valence-electron chi connectivity index (χ0n) is 7.29. The molecular weight excluding hydrogens is 160 g/mol. The van der Waals surface area contributed by atoms with E-state index in [0.717, 1.165) is 0 Å². The van der Waals surface area contributed by atoms with Crippen LogP contribution in [-0.2, 0) is 9.59 Å². The van der Waals surface area contributed by atoms with E-state index in [2.05, 4.69) is 10.5 Å². The number of carbonyl (C=O) groups excluding carboxylic acids is 1. The number of amides is 1. The molecular formula is C7H12N2O3. The fourth-order valence-electron chi connectivity index (χ4n) is 0.316. The molecule has 0 radical (unpaired) electrons. The third kappa shape index (κ3) is 3.70. The molecule has 0 bridgehead atoms. The van der Waals surface area contributed by atoms with Gasteiger partial charge in [-0.05, 0) is 6.92 Å². The van der Waals surface area contributed by atoms with Gasteiger partial charge in [-0.1, -0.05) is 13.8 Å². The Bertz CT molecular complexity index is 221. The Morgan fingerprint density at radius 3 is 2.25 bits per heavy atom. The van der Waals surface area contributed by atoms with Gasteiger partial charge in [0.25, 0.3) is 0 Å². The quantitative estimate of drug-likeness (QED) is 0.472. The molecule has 5 heteroatoms. The van der Waals surface area contributed by atoms with Crippen molar-refractivity contribution in [3.63, 3.8) is 0 Å². The SMILES string of the molecule is CC(=NNC(=O)C(C)C)C(=O)O. The van der Waals surface area contributed by atoms with E-state index >= 15 is 0 Å². The molecule has 0 atom stereocenters. The molecule has 2 N–H and O–H groups in total. The molecule has 0 rings (SSSR count). The third-order valence-electron chi connectivity index (χ3n) is 1.17. The molecule has 0 aromatic carbocycles. The fraction of sp³-hybridized carbons (Fsp3) is 0.571. The number of aliphatic carboxylic acids is 1. The number of carboxylic acid groups (broad SMARTS) is 1. The monoisotopic (exact) mass is 172 g/mol. The summed E-state index contributed by atoms with van der Waals surface area (Å²) < 4.78 is 0. The van der Waals surface area contributed by atoms with E-state index in [4.69, 9.17) is 5.11 Å². The van der Waals surface area contributed by atoms with Crippen LogP contribution in [0.5, 0.6) is 0 Å². The van der Waals surface area contributed by atoms with Gasteiger partial charge >= 0.3 is 5.97 Å². The van der Waals surface area contributed by atoms with Crippen molar-refractivity contribution in [2.75, 3.05) is 0 Å². The van der Waals surface area contributed by atoms with Crippen molar-refractivity contribution in [1.82, 2.24) is 5.43 Å². The first kappa shape index (κ1) is 10.6. The van der Waals surface area contributed by atoms with Crippen LogP contribution >= 0.6 is 0 Å². The van der Waals surface area contributed by atoms with Gasteiger partial charge < -0.3 is 5.11 Å². The number of carboxylic acids is 1. The van der Waals surface area contributed by atoms with E-state index in [1.807, 2.05) is 0 Å². The molecule has 0 aliphatic rings. The van der Waals surface area contributed by atoms with Gasteiger partial charge in [-0.25, -0.2) is 10.2 Å². The average Bonchev–Trinajstić information content (AvgIpc) is 1.98. The van der Waals surface area contributed by atoms with E-state index in [0.29, 0.717) is 0 Å². The minimum Gasteiger partial charge on any atom is -0.477 e. The minimum atomic E-state index is -1.14. The summed E-state index contributed by atoms with van der Waals surface area (Å²) in [6.45, 7) is 4.70. The van der Waals surface area contributed by atoms with Crippen LogP contribution in [0.2, 0.25) is 0 Å². The van der Waals surface area contributed by atoms with Gasteiger partial charge in [0, 0.05) is 5.92 Å². The van der Waals surface area contributed by atoms with E-state index in [1.54, 1.807) is 13.8 Å². The van der Waals surface area contributed by atoms with Crippen molar-refractivity contribution in [1.29, 1.82) is 0 Å². The number of hydrogen-bond acceptors (Lipinski definition) is 3. The molecule has 0 aliphatic heterocycles. The van der Waals surface area contributed by atoms with Gasteiger partial charge in [-0.3, -0.25) is 4.79 Å². The summed E-state index contributed by atoms with van der Waals surface area (Å²) >= 11 is 0. The molecule has 0 heterocycles. The lowest BCUT2D eigenvalue weighted by atomic mass is 10.2. The van der Waals surface area contributed by atoms with Crippen molar-refractivity contribution in [3.05, 3.63) is 0 Å². The smallest absolute Gasteiger partial charge is 0.351 e. The Morgan fingerprint density at radius 2 is 1.92 bits per heavy atom. The van der Waals surface area contributed by atoms with Gasteiger partial charge in [-0.2, -0.15) is 5.10 Å². The maximum atomic E-state index is 10.9. The lowest BCUT2D eigenvalue weighted by Gasteiger charge is -2.01. The summed E-state index contributed by atoms with van der Waals surface area (Å²) in [4.78, 5) is 21.1. The van der Waals surface area contributed by atoms with Crippen LogP contribution in [0, 0.1) is 5.92 Å². The van der Waals surface area contributed by atoms with E-state index in [-0.39, 0.29) is 17.5 Å². The van der Waals surface area contributed by atoms with Gasteiger partial charge in [0.1, 0.15) is 5.71 Å². The highest BCUT2D eigenvalue weighted by Crippen LogP contribution is 1.89. The Kier molecular flexibility index (Phi) is 3.96. The molecule has 0 saturated carbocycles. The highest BCUT2D eigenvalue weighted by Gasteiger charge is 2.06. The first-order chi connectivity index (χ1) is 5.45. The van der Waals surface area contributed by atoms with Crippen LogP contribution in [-0.4, -0.2) is 22.7 Å². The van der Waals surface area contributed by atoms with Crippen molar-refractivity contribution in [3.8, 4) is 0 Å². The van der Waals surface area contributed by atoms with Gasteiger partial charge in [-0.15, -0.1) is 0 Å². The molecule has 12 heavy (non-hydrogen) atoms. The van der Waals surface area contributed by atoms with E-state index in [1.165, 1.54) is 6.92 Å². The zero-order chi connectivity index (χ0) is 9.72. The standard InChI is InChI=1S/C7H12N2O3/c1-4(2)6(10)9-8-5(3)7(11)12/h4H,1-3H3,(H,9,10)(H,11,12). The predicted octanol–water partition coefficient (Wildman–Crippen LogP) is 0.219. The Balaban J connectivity index is 4.05. The summed E-state index contributed by atoms with van der Waals surface area (Å²) in [6.07, 6.45) is 0. The summed E-state index contributed by atoms with van der Waals surface area (Å²) in [7, 11) is 0. The topological polar surface area (TPSA) is 78.8 Å². The molecule has 0 fully saturated rings. The largest absolute Gasteiger partial charge is 0.477 e. The van der Waals surface area contributed by atoms with Crippen LogP contribution in [0.1, 0.15) is 20.8 Å². The maximum absolute atomic E-state index is 10.9. The van der Waals surface area contributed by atoms with Crippen LogP contribution < -0.4 is 5.43 Å². The highest BCUT2D eigenvalue weighted by molar-refractivity contribution is 6.34.